The third-order valence-electron chi connectivity index (χ3n) is 2.62. The Hall–Kier alpha value is -0.540. The summed E-state index contributed by atoms with van der Waals surface area (Å²) in [5.74, 6) is 0.767. The summed E-state index contributed by atoms with van der Waals surface area (Å²) >= 11 is 1.89. The second-order valence-electron chi connectivity index (χ2n) is 3.81. The van der Waals surface area contributed by atoms with Crippen LogP contribution in [0.1, 0.15) is 30.5 Å². The van der Waals surface area contributed by atoms with Crippen LogP contribution in [-0.4, -0.2) is 5.25 Å². The molecule has 76 valence electrons. The molecule has 0 fully saturated rings. The van der Waals surface area contributed by atoms with Gasteiger partial charge in [0.15, 0.2) is 0 Å². The summed E-state index contributed by atoms with van der Waals surface area (Å²) in [6.07, 6.45) is 0.932. The zero-order valence-corrected chi connectivity index (χ0v) is 8.98. The SMILES string of the molecule is CC1C[C@@H](N)c2cc(F)ccc2CS1. The molecule has 3 heteroatoms. The third kappa shape index (κ3) is 1.93. The normalized spacial score (nSPS) is 26.8. The Bertz CT molecular complexity index is 340. The number of rotatable bonds is 0. The highest BCUT2D eigenvalue weighted by atomic mass is 32.2. The van der Waals surface area contributed by atoms with E-state index in [0.717, 1.165) is 17.7 Å². The molecule has 1 aromatic rings. The van der Waals surface area contributed by atoms with Crippen LogP contribution in [0.2, 0.25) is 0 Å². The Labute approximate surface area is 87.9 Å². The van der Waals surface area contributed by atoms with Gasteiger partial charge in [-0.05, 0) is 29.7 Å². The lowest BCUT2D eigenvalue weighted by atomic mass is 9.98. The lowest BCUT2D eigenvalue weighted by Crippen LogP contribution is -2.14. The number of halogens is 1. The minimum atomic E-state index is -0.182. The molecule has 0 spiro atoms. The fourth-order valence-electron chi connectivity index (χ4n) is 1.83. The van der Waals surface area contributed by atoms with Crippen molar-refractivity contribution >= 4 is 11.8 Å². The van der Waals surface area contributed by atoms with Gasteiger partial charge in [0, 0.05) is 17.0 Å². The van der Waals surface area contributed by atoms with E-state index in [1.807, 2.05) is 17.8 Å². The van der Waals surface area contributed by atoms with Crippen LogP contribution in [0.25, 0.3) is 0 Å². The highest BCUT2D eigenvalue weighted by Crippen LogP contribution is 2.33. The van der Waals surface area contributed by atoms with E-state index in [9.17, 15) is 4.39 Å². The second kappa shape index (κ2) is 3.91. The topological polar surface area (TPSA) is 26.0 Å². The molecule has 1 aromatic carbocycles. The summed E-state index contributed by atoms with van der Waals surface area (Å²) in [5.41, 5.74) is 8.20. The van der Waals surface area contributed by atoms with Crippen molar-refractivity contribution in [3.8, 4) is 0 Å². The molecule has 1 nitrogen and oxygen atoms in total. The first-order valence-electron chi connectivity index (χ1n) is 4.82. The van der Waals surface area contributed by atoms with Gasteiger partial charge in [0.05, 0.1) is 0 Å². The number of fused-ring (bicyclic) bond motifs is 1. The monoisotopic (exact) mass is 211 g/mol. The fraction of sp³-hybridized carbons (Fsp3) is 0.455. The molecule has 1 heterocycles. The molecule has 0 bridgehead atoms. The third-order valence-corrected chi connectivity index (χ3v) is 3.86. The predicted molar refractivity (Wildman–Crippen MR) is 58.7 cm³/mol. The van der Waals surface area contributed by atoms with Crippen LogP contribution in [0.5, 0.6) is 0 Å². The van der Waals surface area contributed by atoms with Crippen molar-refractivity contribution < 1.29 is 4.39 Å². The smallest absolute Gasteiger partial charge is 0.123 e. The van der Waals surface area contributed by atoms with Gasteiger partial charge in [-0.15, -0.1) is 0 Å². The van der Waals surface area contributed by atoms with Gasteiger partial charge in [0.25, 0.3) is 0 Å². The summed E-state index contributed by atoms with van der Waals surface area (Å²) in [6.45, 7) is 2.17. The van der Waals surface area contributed by atoms with Crippen molar-refractivity contribution in [3.63, 3.8) is 0 Å². The van der Waals surface area contributed by atoms with Gasteiger partial charge in [-0.2, -0.15) is 11.8 Å². The van der Waals surface area contributed by atoms with E-state index in [2.05, 4.69) is 6.92 Å². The van der Waals surface area contributed by atoms with Gasteiger partial charge in [0.2, 0.25) is 0 Å². The van der Waals surface area contributed by atoms with E-state index >= 15 is 0 Å². The first kappa shape index (κ1) is 9.99. The van der Waals surface area contributed by atoms with Crippen LogP contribution in [0, 0.1) is 5.82 Å². The van der Waals surface area contributed by atoms with E-state index in [1.54, 1.807) is 6.07 Å². The number of hydrogen-bond acceptors (Lipinski definition) is 2. The summed E-state index contributed by atoms with van der Waals surface area (Å²) in [6, 6.07) is 4.95. The standard InChI is InChI=1S/C11H14FNS/c1-7-4-11(13)10-5-9(12)3-2-8(10)6-14-7/h2-3,5,7,11H,4,6,13H2,1H3/t7?,11-/m1/s1. The Morgan fingerprint density at radius 3 is 3.07 bits per heavy atom. The minimum Gasteiger partial charge on any atom is -0.324 e. The summed E-state index contributed by atoms with van der Waals surface area (Å²) in [5, 5.41) is 0.556. The van der Waals surface area contributed by atoms with E-state index < -0.39 is 0 Å². The molecule has 0 amide bonds. The summed E-state index contributed by atoms with van der Waals surface area (Å²) < 4.78 is 13.0. The van der Waals surface area contributed by atoms with Crippen LogP contribution >= 0.6 is 11.8 Å². The van der Waals surface area contributed by atoms with Crippen molar-refractivity contribution in [1.82, 2.24) is 0 Å². The van der Waals surface area contributed by atoms with E-state index in [-0.39, 0.29) is 11.9 Å². The molecular formula is C11H14FNS. The van der Waals surface area contributed by atoms with Gasteiger partial charge < -0.3 is 5.73 Å². The first-order valence-corrected chi connectivity index (χ1v) is 5.87. The minimum absolute atomic E-state index is 0.00861. The molecule has 0 radical (unpaired) electrons. The average molecular weight is 211 g/mol. The summed E-state index contributed by atoms with van der Waals surface area (Å²) in [7, 11) is 0. The zero-order valence-electron chi connectivity index (χ0n) is 8.16. The Morgan fingerprint density at radius 1 is 1.50 bits per heavy atom. The Balaban J connectivity index is 2.39. The number of hydrogen-bond donors (Lipinski definition) is 1. The largest absolute Gasteiger partial charge is 0.324 e. The number of nitrogens with two attached hydrogens (primary N) is 1. The quantitative estimate of drug-likeness (QED) is 0.714. The Morgan fingerprint density at radius 2 is 2.29 bits per heavy atom. The molecule has 0 aromatic heterocycles. The molecule has 14 heavy (non-hydrogen) atoms. The maximum atomic E-state index is 13.0. The predicted octanol–water partition coefficient (Wildman–Crippen LogP) is 2.85. The van der Waals surface area contributed by atoms with E-state index in [1.165, 1.54) is 11.6 Å². The molecule has 1 unspecified atom stereocenters. The number of benzene rings is 1. The van der Waals surface area contributed by atoms with Crippen LogP contribution in [0.4, 0.5) is 4.39 Å². The Kier molecular flexibility index (Phi) is 2.79. The van der Waals surface area contributed by atoms with Gasteiger partial charge in [-0.1, -0.05) is 13.0 Å². The maximum Gasteiger partial charge on any atom is 0.123 e. The molecular weight excluding hydrogens is 197 g/mol. The first-order chi connectivity index (χ1) is 6.66. The molecule has 2 rings (SSSR count). The molecule has 2 atom stereocenters. The van der Waals surface area contributed by atoms with Crippen LogP contribution in [0.3, 0.4) is 0 Å². The average Bonchev–Trinajstić information content (AvgIpc) is 2.27. The van der Waals surface area contributed by atoms with Crippen molar-refractivity contribution in [2.75, 3.05) is 0 Å². The molecule has 1 aliphatic rings. The van der Waals surface area contributed by atoms with Crippen LogP contribution < -0.4 is 5.73 Å². The van der Waals surface area contributed by atoms with Gasteiger partial charge in [-0.25, -0.2) is 4.39 Å². The van der Waals surface area contributed by atoms with E-state index in [4.69, 9.17) is 5.73 Å². The lowest BCUT2D eigenvalue weighted by molar-refractivity contribution is 0.608. The maximum absolute atomic E-state index is 13.0. The molecule has 0 saturated heterocycles. The molecule has 1 aliphatic heterocycles. The van der Waals surface area contributed by atoms with Gasteiger partial charge >= 0.3 is 0 Å². The van der Waals surface area contributed by atoms with Gasteiger partial charge in [0.1, 0.15) is 5.82 Å². The van der Waals surface area contributed by atoms with Crippen molar-refractivity contribution in [3.05, 3.63) is 35.1 Å². The van der Waals surface area contributed by atoms with Gasteiger partial charge in [-0.3, -0.25) is 0 Å². The summed E-state index contributed by atoms with van der Waals surface area (Å²) in [4.78, 5) is 0. The zero-order chi connectivity index (χ0) is 10.1. The van der Waals surface area contributed by atoms with Crippen molar-refractivity contribution in [2.24, 2.45) is 5.73 Å². The highest BCUT2D eigenvalue weighted by Gasteiger charge is 2.19. The highest BCUT2D eigenvalue weighted by molar-refractivity contribution is 7.99. The molecule has 0 aliphatic carbocycles. The van der Waals surface area contributed by atoms with Crippen LogP contribution in [0.15, 0.2) is 18.2 Å². The van der Waals surface area contributed by atoms with E-state index in [0.29, 0.717) is 5.25 Å². The second-order valence-corrected chi connectivity index (χ2v) is 5.23. The van der Waals surface area contributed by atoms with Crippen molar-refractivity contribution in [1.29, 1.82) is 0 Å². The lowest BCUT2D eigenvalue weighted by Gasteiger charge is -2.13. The molecule has 2 N–H and O–H groups in total. The van der Waals surface area contributed by atoms with Crippen molar-refractivity contribution in [2.45, 2.75) is 30.4 Å². The molecule has 0 saturated carbocycles. The fourth-order valence-corrected chi connectivity index (χ4v) is 2.90. The van der Waals surface area contributed by atoms with Crippen LogP contribution in [-0.2, 0) is 5.75 Å². The number of thioether (sulfide) groups is 1.